The highest BCUT2D eigenvalue weighted by molar-refractivity contribution is 7.99. The molecule has 0 radical (unpaired) electrons. The number of carbonyl (C=O) groups is 1. The van der Waals surface area contributed by atoms with Crippen LogP contribution in [0.15, 0.2) is 35.7 Å². The van der Waals surface area contributed by atoms with Crippen molar-refractivity contribution < 1.29 is 13.9 Å². The zero-order valence-electron chi connectivity index (χ0n) is 12.0. The Kier molecular flexibility index (Phi) is 4.28. The Morgan fingerprint density at radius 3 is 2.91 bits per heavy atom. The van der Waals surface area contributed by atoms with Gasteiger partial charge in [0.1, 0.15) is 12.4 Å². The van der Waals surface area contributed by atoms with Crippen molar-refractivity contribution in [1.82, 2.24) is 19.7 Å². The molecule has 0 unspecified atom stereocenters. The summed E-state index contributed by atoms with van der Waals surface area (Å²) >= 11 is 1.34. The minimum atomic E-state index is -0.384. The van der Waals surface area contributed by atoms with Crippen molar-refractivity contribution in [2.45, 2.75) is 11.3 Å². The Morgan fingerprint density at radius 1 is 1.45 bits per heavy atom. The molecule has 1 amide bonds. The number of para-hydroxylation sites is 1. The second-order valence-corrected chi connectivity index (χ2v) is 5.92. The van der Waals surface area contributed by atoms with Crippen LogP contribution in [0.2, 0.25) is 0 Å². The number of likely N-dealkylation sites (tertiary alicyclic amines) is 1. The van der Waals surface area contributed by atoms with E-state index < -0.39 is 0 Å². The lowest BCUT2D eigenvalue weighted by Crippen LogP contribution is -2.56. The molecule has 0 bridgehead atoms. The lowest BCUT2D eigenvalue weighted by Gasteiger charge is -2.38. The Bertz CT molecular complexity index is 672. The zero-order valence-corrected chi connectivity index (χ0v) is 12.8. The fourth-order valence-corrected chi connectivity index (χ4v) is 2.85. The number of ether oxygens (including phenoxy) is 1. The molecule has 0 atom stereocenters. The third kappa shape index (κ3) is 3.22. The van der Waals surface area contributed by atoms with Crippen molar-refractivity contribution >= 4 is 17.7 Å². The van der Waals surface area contributed by atoms with E-state index in [0.717, 1.165) is 0 Å². The van der Waals surface area contributed by atoms with Gasteiger partial charge in [-0.3, -0.25) is 4.79 Å². The number of benzene rings is 1. The van der Waals surface area contributed by atoms with E-state index in [9.17, 15) is 9.18 Å². The molecular weight excluding hydrogens is 307 g/mol. The van der Waals surface area contributed by atoms with Crippen LogP contribution in [0, 0.1) is 5.82 Å². The van der Waals surface area contributed by atoms with Crippen LogP contribution in [0.4, 0.5) is 4.39 Å². The third-order valence-corrected chi connectivity index (χ3v) is 4.34. The van der Waals surface area contributed by atoms with Gasteiger partial charge in [0, 0.05) is 7.05 Å². The van der Waals surface area contributed by atoms with E-state index >= 15 is 0 Å². The summed E-state index contributed by atoms with van der Waals surface area (Å²) in [6.07, 6.45) is 1.44. The molecule has 0 spiro atoms. The average molecular weight is 322 g/mol. The Balaban J connectivity index is 1.44. The van der Waals surface area contributed by atoms with Crippen molar-refractivity contribution in [1.29, 1.82) is 0 Å². The number of thioether (sulfide) groups is 1. The molecule has 116 valence electrons. The smallest absolute Gasteiger partial charge is 0.233 e. The lowest BCUT2D eigenvalue weighted by molar-refractivity contribution is -0.137. The number of hydrogen-bond donors (Lipinski definition) is 0. The molecule has 1 aromatic carbocycles. The maximum absolute atomic E-state index is 13.5. The quantitative estimate of drug-likeness (QED) is 0.778. The lowest BCUT2D eigenvalue weighted by atomic mass is 10.1. The van der Waals surface area contributed by atoms with Gasteiger partial charge in [0.15, 0.2) is 16.7 Å². The minimum absolute atomic E-state index is 0.0152. The monoisotopic (exact) mass is 322 g/mol. The molecule has 0 N–H and O–H groups in total. The van der Waals surface area contributed by atoms with Crippen molar-refractivity contribution in [2.24, 2.45) is 7.05 Å². The summed E-state index contributed by atoms with van der Waals surface area (Å²) in [7, 11) is 1.83. The van der Waals surface area contributed by atoms with Crippen LogP contribution in [0.1, 0.15) is 0 Å². The van der Waals surface area contributed by atoms with Crippen molar-refractivity contribution in [3.05, 3.63) is 36.4 Å². The molecule has 1 saturated heterocycles. The molecule has 2 heterocycles. The van der Waals surface area contributed by atoms with Crippen LogP contribution in [0.3, 0.4) is 0 Å². The Hall–Kier alpha value is -2.09. The predicted octanol–water partition coefficient (Wildman–Crippen LogP) is 1.34. The second kappa shape index (κ2) is 6.35. The summed E-state index contributed by atoms with van der Waals surface area (Å²) in [5.41, 5.74) is 0. The summed E-state index contributed by atoms with van der Waals surface area (Å²) in [5.74, 6) is 0.165. The number of halogens is 1. The maximum Gasteiger partial charge on any atom is 0.233 e. The molecule has 0 saturated carbocycles. The molecule has 6 nitrogen and oxygen atoms in total. The molecule has 0 aliphatic carbocycles. The third-order valence-electron chi connectivity index (χ3n) is 3.33. The van der Waals surface area contributed by atoms with Gasteiger partial charge in [0.25, 0.3) is 0 Å². The van der Waals surface area contributed by atoms with E-state index in [1.807, 2.05) is 7.05 Å². The molecule has 1 fully saturated rings. The molecule has 1 aliphatic rings. The Morgan fingerprint density at radius 2 is 2.23 bits per heavy atom. The van der Waals surface area contributed by atoms with Crippen molar-refractivity contribution in [3.8, 4) is 5.75 Å². The number of rotatable bonds is 5. The highest BCUT2D eigenvalue weighted by Gasteiger charge is 2.32. The number of aromatic nitrogens is 3. The van der Waals surface area contributed by atoms with Crippen LogP contribution in [-0.4, -0.2) is 50.5 Å². The van der Waals surface area contributed by atoms with Gasteiger partial charge < -0.3 is 14.2 Å². The number of carbonyl (C=O) groups excluding carboxylic acids is 1. The van der Waals surface area contributed by atoms with Gasteiger partial charge in [0.2, 0.25) is 5.91 Å². The standard InChI is InChI=1S/C14H15FN4O2S/c1-18-9-16-17-14(18)22-8-13(20)19-6-10(7-19)21-12-5-3-2-4-11(12)15/h2-5,9-10H,6-8H2,1H3. The van der Waals surface area contributed by atoms with Gasteiger partial charge in [0.05, 0.1) is 18.8 Å². The van der Waals surface area contributed by atoms with E-state index in [0.29, 0.717) is 24.0 Å². The molecule has 22 heavy (non-hydrogen) atoms. The van der Waals surface area contributed by atoms with E-state index in [1.165, 1.54) is 17.8 Å². The average Bonchev–Trinajstić information content (AvgIpc) is 2.87. The molecule has 8 heteroatoms. The van der Waals surface area contributed by atoms with E-state index in [2.05, 4.69) is 10.2 Å². The first kappa shape index (κ1) is 14.8. The van der Waals surface area contributed by atoms with Gasteiger partial charge in [-0.05, 0) is 12.1 Å². The first-order chi connectivity index (χ1) is 10.6. The first-order valence-corrected chi connectivity index (χ1v) is 7.78. The van der Waals surface area contributed by atoms with E-state index in [4.69, 9.17) is 4.74 Å². The number of amides is 1. The van der Waals surface area contributed by atoms with Gasteiger partial charge in [-0.2, -0.15) is 0 Å². The van der Waals surface area contributed by atoms with Gasteiger partial charge in [-0.15, -0.1) is 10.2 Å². The van der Waals surface area contributed by atoms with Crippen LogP contribution in [0.5, 0.6) is 5.75 Å². The highest BCUT2D eigenvalue weighted by Crippen LogP contribution is 2.22. The van der Waals surface area contributed by atoms with E-state index in [1.54, 1.807) is 34.0 Å². The van der Waals surface area contributed by atoms with Crippen molar-refractivity contribution in [2.75, 3.05) is 18.8 Å². The molecule has 3 rings (SSSR count). The predicted molar refractivity (Wildman–Crippen MR) is 79.1 cm³/mol. The highest BCUT2D eigenvalue weighted by atomic mass is 32.2. The van der Waals surface area contributed by atoms with Crippen LogP contribution < -0.4 is 4.74 Å². The number of hydrogen-bond acceptors (Lipinski definition) is 5. The SMILES string of the molecule is Cn1cnnc1SCC(=O)N1CC(Oc2ccccc2F)C1. The summed E-state index contributed by atoms with van der Waals surface area (Å²) < 4.78 is 20.7. The largest absolute Gasteiger partial charge is 0.484 e. The summed E-state index contributed by atoms with van der Waals surface area (Å²) in [4.78, 5) is 13.7. The number of aryl methyl sites for hydroxylation is 1. The summed E-state index contributed by atoms with van der Waals surface area (Å²) in [6, 6.07) is 6.28. The molecule has 2 aromatic rings. The van der Waals surface area contributed by atoms with Crippen molar-refractivity contribution in [3.63, 3.8) is 0 Å². The second-order valence-electron chi connectivity index (χ2n) is 4.98. The van der Waals surface area contributed by atoms with E-state index in [-0.39, 0.29) is 23.6 Å². The molecular formula is C14H15FN4O2S. The van der Waals surface area contributed by atoms with Gasteiger partial charge in [-0.1, -0.05) is 23.9 Å². The number of nitrogens with zero attached hydrogens (tertiary/aromatic N) is 4. The van der Waals surface area contributed by atoms with Gasteiger partial charge >= 0.3 is 0 Å². The van der Waals surface area contributed by atoms with Crippen LogP contribution in [-0.2, 0) is 11.8 Å². The Labute approximate surface area is 131 Å². The van der Waals surface area contributed by atoms with Gasteiger partial charge in [-0.25, -0.2) is 4.39 Å². The fourth-order valence-electron chi connectivity index (χ4n) is 2.06. The summed E-state index contributed by atoms with van der Waals surface area (Å²) in [6.45, 7) is 0.957. The fraction of sp³-hybridized carbons (Fsp3) is 0.357. The maximum atomic E-state index is 13.5. The van der Waals surface area contributed by atoms with Crippen LogP contribution >= 0.6 is 11.8 Å². The minimum Gasteiger partial charge on any atom is -0.484 e. The normalized spacial score (nSPS) is 14.7. The zero-order chi connectivity index (χ0) is 15.5. The topological polar surface area (TPSA) is 60.2 Å². The van der Waals surface area contributed by atoms with Crippen LogP contribution in [0.25, 0.3) is 0 Å². The molecule has 1 aromatic heterocycles. The summed E-state index contributed by atoms with van der Waals surface area (Å²) in [5, 5.41) is 8.37. The molecule has 1 aliphatic heterocycles. The first-order valence-electron chi connectivity index (χ1n) is 6.79.